The van der Waals surface area contributed by atoms with Crippen molar-refractivity contribution in [3.63, 3.8) is 0 Å². The summed E-state index contributed by atoms with van der Waals surface area (Å²) < 4.78 is 6.31. The first-order valence-electron chi connectivity index (χ1n) is 9.68. The number of hydrogen-bond donors (Lipinski definition) is 1. The SMILES string of the molecule is Cc1sc2ncn(CC(=O)OCC(=O)N[C@@H]3CCC[C@H](C)[C@@H]3C)c(=O)c2c1C. The number of nitrogens with one attached hydrogen (secondary N) is 1. The second-order valence-corrected chi connectivity index (χ2v) is 8.95. The number of hydrogen-bond acceptors (Lipinski definition) is 6. The number of thiophene rings is 1. The molecule has 28 heavy (non-hydrogen) atoms. The van der Waals surface area contributed by atoms with Gasteiger partial charge in [-0.1, -0.05) is 26.7 Å². The molecule has 0 aliphatic heterocycles. The summed E-state index contributed by atoms with van der Waals surface area (Å²) in [5.41, 5.74) is 0.619. The van der Waals surface area contributed by atoms with Crippen LogP contribution in [0.25, 0.3) is 10.2 Å². The van der Waals surface area contributed by atoms with E-state index in [1.54, 1.807) is 0 Å². The van der Waals surface area contributed by atoms with Gasteiger partial charge in [0.05, 0.1) is 11.7 Å². The van der Waals surface area contributed by atoms with Crippen LogP contribution < -0.4 is 10.9 Å². The third-order valence-corrected chi connectivity index (χ3v) is 6.99. The quantitative estimate of drug-likeness (QED) is 0.772. The van der Waals surface area contributed by atoms with Gasteiger partial charge in [-0.2, -0.15) is 0 Å². The van der Waals surface area contributed by atoms with Crippen LogP contribution in [-0.4, -0.2) is 34.1 Å². The average molecular weight is 406 g/mol. The normalized spacial score (nSPS) is 22.2. The predicted octanol–water partition coefficient (Wildman–Crippen LogP) is 2.56. The molecule has 1 aliphatic carbocycles. The van der Waals surface area contributed by atoms with Crippen LogP contribution in [0, 0.1) is 25.7 Å². The lowest BCUT2D eigenvalue weighted by molar-refractivity contribution is -0.149. The highest BCUT2D eigenvalue weighted by Gasteiger charge is 2.28. The molecule has 1 fully saturated rings. The second kappa shape index (κ2) is 8.43. The summed E-state index contributed by atoms with van der Waals surface area (Å²) in [5, 5.41) is 3.51. The van der Waals surface area contributed by atoms with Crippen molar-refractivity contribution in [2.45, 2.75) is 59.5 Å². The summed E-state index contributed by atoms with van der Waals surface area (Å²) in [6.07, 6.45) is 4.58. The molecule has 2 heterocycles. The predicted molar refractivity (Wildman–Crippen MR) is 108 cm³/mol. The summed E-state index contributed by atoms with van der Waals surface area (Å²) in [5.74, 6) is 0.0415. The highest BCUT2D eigenvalue weighted by atomic mass is 32.1. The van der Waals surface area contributed by atoms with Gasteiger partial charge in [-0.15, -0.1) is 11.3 Å². The molecule has 3 rings (SSSR count). The van der Waals surface area contributed by atoms with E-state index in [-0.39, 0.29) is 30.7 Å². The summed E-state index contributed by atoms with van der Waals surface area (Å²) in [6, 6.07) is 0.119. The van der Waals surface area contributed by atoms with Gasteiger partial charge < -0.3 is 10.1 Å². The number of esters is 1. The molecule has 2 aromatic rings. The van der Waals surface area contributed by atoms with Gasteiger partial charge in [-0.05, 0) is 37.7 Å². The van der Waals surface area contributed by atoms with E-state index in [0.29, 0.717) is 22.1 Å². The maximum absolute atomic E-state index is 12.6. The minimum Gasteiger partial charge on any atom is -0.454 e. The Balaban J connectivity index is 1.56. The van der Waals surface area contributed by atoms with Crippen LogP contribution in [0.15, 0.2) is 11.1 Å². The van der Waals surface area contributed by atoms with Crippen LogP contribution in [0.3, 0.4) is 0 Å². The molecular weight excluding hydrogens is 378 g/mol. The summed E-state index contributed by atoms with van der Waals surface area (Å²) in [6.45, 7) is 7.55. The molecule has 0 spiro atoms. The Kier molecular flexibility index (Phi) is 6.17. The summed E-state index contributed by atoms with van der Waals surface area (Å²) in [4.78, 5) is 42.8. The van der Waals surface area contributed by atoms with E-state index in [1.807, 2.05) is 13.8 Å². The van der Waals surface area contributed by atoms with Gasteiger partial charge in [0.25, 0.3) is 11.5 Å². The maximum Gasteiger partial charge on any atom is 0.326 e. The van der Waals surface area contributed by atoms with Crippen molar-refractivity contribution in [1.29, 1.82) is 0 Å². The van der Waals surface area contributed by atoms with Gasteiger partial charge in [0.1, 0.15) is 11.4 Å². The summed E-state index contributed by atoms with van der Waals surface area (Å²) >= 11 is 1.46. The summed E-state index contributed by atoms with van der Waals surface area (Å²) in [7, 11) is 0. The molecular formula is C20H27N3O4S. The van der Waals surface area contributed by atoms with Crippen LogP contribution in [0.4, 0.5) is 0 Å². The van der Waals surface area contributed by atoms with E-state index in [9.17, 15) is 14.4 Å². The van der Waals surface area contributed by atoms with Crippen molar-refractivity contribution in [2.24, 2.45) is 11.8 Å². The van der Waals surface area contributed by atoms with Crippen molar-refractivity contribution < 1.29 is 14.3 Å². The van der Waals surface area contributed by atoms with Crippen molar-refractivity contribution in [1.82, 2.24) is 14.9 Å². The first-order valence-corrected chi connectivity index (χ1v) is 10.5. The van der Waals surface area contributed by atoms with Crippen LogP contribution in [0.5, 0.6) is 0 Å². The number of aryl methyl sites for hydroxylation is 2. The third-order valence-electron chi connectivity index (χ3n) is 5.87. The minimum absolute atomic E-state index is 0.119. The molecule has 1 N–H and O–H groups in total. The largest absolute Gasteiger partial charge is 0.454 e. The van der Waals surface area contributed by atoms with E-state index < -0.39 is 5.97 Å². The van der Waals surface area contributed by atoms with E-state index in [1.165, 1.54) is 28.7 Å². The first-order chi connectivity index (χ1) is 13.3. The van der Waals surface area contributed by atoms with E-state index in [4.69, 9.17) is 4.74 Å². The number of aromatic nitrogens is 2. The number of amides is 1. The highest BCUT2D eigenvalue weighted by molar-refractivity contribution is 7.18. The molecule has 0 bridgehead atoms. The topological polar surface area (TPSA) is 90.3 Å². The van der Waals surface area contributed by atoms with Crippen LogP contribution >= 0.6 is 11.3 Å². The molecule has 1 saturated carbocycles. The van der Waals surface area contributed by atoms with Gasteiger partial charge in [0.15, 0.2) is 6.61 Å². The standard InChI is InChI=1S/C20H27N3O4S/c1-11-6-5-7-15(12(11)2)22-16(24)9-27-17(25)8-23-10-21-19-18(20(23)26)13(3)14(4)28-19/h10-12,15H,5-9H2,1-4H3,(H,22,24)/t11-,12-,15+/m0/s1. The third kappa shape index (κ3) is 4.27. The molecule has 0 saturated heterocycles. The van der Waals surface area contributed by atoms with Gasteiger partial charge in [-0.25, -0.2) is 4.98 Å². The molecule has 152 valence electrons. The highest BCUT2D eigenvalue weighted by Crippen LogP contribution is 2.29. The van der Waals surface area contributed by atoms with Gasteiger partial charge in [0, 0.05) is 10.9 Å². The van der Waals surface area contributed by atoms with Gasteiger partial charge in [-0.3, -0.25) is 19.0 Å². The first kappa shape index (κ1) is 20.5. The fourth-order valence-corrected chi connectivity index (χ4v) is 4.74. The molecule has 2 aromatic heterocycles. The van der Waals surface area contributed by atoms with Crippen LogP contribution in [0.1, 0.15) is 43.6 Å². The second-order valence-electron chi connectivity index (χ2n) is 7.74. The number of carbonyl (C=O) groups is 2. The fraction of sp³-hybridized carbons (Fsp3) is 0.600. The van der Waals surface area contributed by atoms with Gasteiger partial charge in [0.2, 0.25) is 0 Å². The molecule has 3 atom stereocenters. The van der Waals surface area contributed by atoms with Crippen LogP contribution in [-0.2, 0) is 20.9 Å². The van der Waals surface area contributed by atoms with E-state index in [0.717, 1.165) is 23.3 Å². The zero-order valence-corrected chi connectivity index (χ0v) is 17.6. The number of rotatable bonds is 5. The molecule has 0 radical (unpaired) electrons. The zero-order valence-electron chi connectivity index (χ0n) is 16.8. The molecule has 7 nitrogen and oxygen atoms in total. The Hall–Kier alpha value is -2.22. The Bertz CT molecular complexity index is 949. The number of fused-ring (bicyclic) bond motifs is 1. The van der Waals surface area contributed by atoms with Crippen molar-refractivity contribution in [2.75, 3.05) is 6.61 Å². The Morgan fingerprint density at radius 2 is 2.07 bits per heavy atom. The van der Waals surface area contributed by atoms with Crippen molar-refractivity contribution in [3.05, 3.63) is 27.1 Å². The van der Waals surface area contributed by atoms with Crippen LogP contribution in [0.2, 0.25) is 0 Å². The lowest BCUT2D eigenvalue weighted by Gasteiger charge is -2.34. The minimum atomic E-state index is -0.631. The van der Waals surface area contributed by atoms with E-state index >= 15 is 0 Å². The fourth-order valence-electron chi connectivity index (χ4n) is 3.75. The lowest BCUT2D eigenvalue weighted by atomic mass is 9.78. The number of nitrogens with zero attached hydrogens (tertiary/aromatic N) is 2. The van der Waals surface area contributed by atoms with Crippen molar-refractivity contribution in [3.8, 4) is 0 Å². The molecule has 0 unspecified atom stereocenters. The monoisotopic (exact) mass is 405 g/mol. The number of carbonyl (C=O) groups excluding carboxylic acids is 2. The molecule has 1 amide bonds. The Morgan fingerprint density at radius 3 is 2.82 bits per heavy atom. The zero-order chi connectivity index (χ0) is 20.4. The maximum atomic E-state index is 12.6. The molecule has 0 aromatic carbocycles. The number of ether oxygens (including phenoxy) is 1. The van der Waals surface area contributed by atoms with Crippen molar-refractivity contribution >= 4 is 33.4 Å². The molecule has 1 aliphatic rings. The lowest BCUT2D eigenvalue weighted by Crippen LogP contribution is -2.45. The Labute approximate surface area is 168 Å². The Morgan fingerprint density at radius 1 is 1.32 bits per heavy atom. The molecule has 8 heteroatoms. The average Bonchev–Trinajstić information content (AvgIpc) is 2.94. The van der Waals surface area contributed by atoms with Gasteiger partial charge >= 0.3 is 5.97 Å². The van der Waals surface area contributed by atoms with E-state index in [2.05, 4.69) is 24.1 Å². The smallest absolute Gasteiger partial charge is 0.326 e.